The van der Waals surface area contributed by atoms with E-state index in [0.717, 1.165) is 19.5 Å². The molecule has 0 bridgehead atoms. The predicted octanol–water partition coefficient (Wildman–Crippen LogP) is 2.41. The molecular weight excluding hydrogens is 274 g/mol. The van der Waals surface area contributed by atoms with Gasteiger partial charge in [-0.1, -0.05) is 18.2 Å². The summed E-state index contributed by atoms with van der Waals surface area (Å²) < 4.78 is 0. The first-order valence-electron chi connectivity index (χ1n) is 7.48. The monoisotopic (exact) mass is 295 g/mol. The highest BCUT2D eigenvalue weighted by Crippen LogP contribution is 2.32. The van der Waals surface area contributed by atoms with Gasteiger partial charge in [0, 0.05) is 44.1 Å². The van der Waals surface area contributed by atoms with Crippen LogP contribution in [0.4, 0.5) is 11.4 Å². The fourth-order valence-corrected chi connectivity index (χ4v) is 2.87. The van der Waals surface area contributed by atoms with Crippen molar-refractivity contribution in [2.45, 2.75) is 13.0 Å². The van der Waals surface area contributed by atoms with Crippen molar-refractivity contribution in [1.82, 2.24) is 0 Å². The van der Waals surface area contributed by atoms with Gasteiger partial charge in [-0.15, -0.1) is 0 Å². The van der Waals surface area contributed by atoms with Crippen LogP contribution in [-0.2, 0) is 13.0 Å². The molecule has 0 radical (unpaired) electrons. The molecule has 0 aliphatic carbocycles. The molecule has 0 spiro atoms. The van der Waals surface area contributed by atoms with Crippen molar-refractivity contribution < 1.29 is 4.79 Å². The second-order valence-electron chi connectivity index (χ2n) is 5.94. The maximum Gasteiger partial charge on any atom is 0.248 e. The second-order valence-corrected chi connectivity index (χ2v) is 5.94. The number of hydrogen-bond donors (Lipinski definition) is 1. The summed E-state index contributed by atoms with van der Waals surface area (Å²) in [5.41, 5.74) is 11.0. The molecule has 3 rings (SSSR count). The third-order valence-electron chi connectivity index (χ3n) is 4.19. The third-order valence-corrected chi connectivity index (χ3v) is 4.19. The Morgan fingerprint density at radius 2 is 1.91 bits per heavy atom. The lowest BCUT2D eigenvalue weighted by atomic mass is 10.1. The van der Waals surface area contributed by atoms with Crippen molar-refractivity contribution >= 4 is 17.3 Å². The summed E-state index contributed by atoms with van der Waals surface area (Å²) in [6.07, 6.45) is 1.09. The lowest BCUT2D eigenvalue weighted by molar-refractivity contribution is 0.100. The molecule has 0 saturated carbocycles. The van der Waals surface area contributed by atoms with Gasteiger partial charge in [-0.2, -0.15) is 0 Å². The number of fused-ring (bicyclic) bond motifs is 1. The lowest BCUT2D eigenvalue weighted by Crippen LogP contribution is -2.20. The van der Waals surface area contributed by atoms with Crippen molar-refractivity contribution in [3.8, 4) is 0 Å². The maximum absolute atomic E-state index is 11.1. The zero-order chi connectivity index (χ0) is 15.7. The van der Waals surface area contributed by atoms with E-state index in [1.54, 1.807) is 12.1 Å². The Morgan fingerprint density at radius 3 is 2.55 bits per heavy atom. The summed E-state index contributed by atoms with van der Waals surface area (Å²) in [7, 11) is 4.12. The quantitative estimate of drug-likeness (QED) is 0.942. The molecule has 0 unspecified atom stereocenters. The molecule has 1 amide bonds. The van der Waals surface area contributed by atoms with Crippen LogP contribution in [0.5, 0.6) is 0 Å². The van der Waals surface area contributed by atoms with E-state index >= 15 is 0 Å². The Labute approximate surface area is 131 Å². The molecule has 1 aliphatic rings. The van der Waals surface area contributed by atoms with Crippen LogP contribution in [0.25, 0.3) is 0 Å². The van der Waals surface area contributed by atoms with E-state index in [1.165, 1.54) is 22.5 Å². The van der Waals surface area contributed by atoms with Gasteiger partial charge in [0.2, 0.25) is 5.91 Å². The van der Waals surface area contributed by atoms with Crippen molar-refractivity contribution in [3.63, 3.8) is 0 Å². The molecule has 22 heavy (non-hydrogen) atoms. The van der Waals surface area contributed by atoms with Crippen molar-refractivity contribution in [2.24, 2.45) is 5.73 Å². The molecule has 0 aromatic heterocycles. The van der Waals surface area contributed by atoms with Crippen LogP contribution in [0, 0.1) is 0 Å². The van der Waals surface area contributed by atoms with Gasteiger partial charge in [0.25, 0.3) is 0 Å². The summed E-state index contributed by atoms with van der Waals surface area (Å²) in [5.74, 6) is -0.381. The molecule has 4 heteroatoms. The van der Waals surface area contributed by atoms with Crippen LogP contribution < -0.4 is 15.5 Å². The normalized spacial score (nSPS) is 13.1. The van der Waals surface area contributed by atoms with E-state index in [4.69, 9.17) is 5.73 Å². The first-order valence-corrected chi connectivity index (χ1v) is 7.48. The van der Waals surface area contributed by atoms with E-state index < -0.39 is 0 Å². The largest absolute Gasteiger partial charge is 0.378 e. The number of benzene rings is 2. The van der Waals surface area contributed by atoms with E-state index in [2.05, 4.69) is 42.1 Å². The number of rotatable bonds is 4. The zero-order valence-electron chi connectivity index (χ0n) is 13.0. The van der Waals surface area contributed by atoms with Crippen LogP contribution in [0.15, 0.2) is 42.5 Å². The minimum Gasteiger partial charge on any atom is -0.378 e. The summed E-state index contributed by atoms with van der Waals surface area (Å²) in [6, 6.07) is 14.2. The molecular formula is C18H21N3O. The first-order chi connectivity index (χ1) is 10.5. The number of carbonyl (C=O) groups is 1. The maximum atomic E-state index is 11.1. The van der Waals surface area contributed by atoms with E-state index in [9.17, 15) is 4.79 Å². The molecule has 4 nitrogen and oxygen atoms in total. The van der Waals surface area contributed by atoms with Crippen LogP contribution in [0.3, 0.4) is 0 Å². The SMILES string of the molecule is CN(C)c1ccc2c(c1)N(Cc1ccc(C(N)=O)cc1)CC2. The highest BCUT2D eigenvalue weighted by Gasteiger charge is 2.19. The third kappa shape index (κ3) is 2.77. The molecule has 0 saturated heterocycles. The standard InChI is InChI=1S/C18H21N3O/c1-20(2)16-8-7-14-9-10-21(17(14)11-16)12-13-3-5-15(6-4-13)18(19)22/h3-8,11H,9-10,12H2,1-2H3,(H2,19,22). The highest BCUT2D eigenvalue weighted by molar-refractivity contribution is 5.92. The fourth-order valence-electron chi connectivity index (χ4n) is 2.87. The van der Waals surface area contributed by atoms with Crippen LogP contribution >= 0.6 is 0 Å². The summed E-state index contributed by atoms with van der Waals surface area (Å²) in [5, 5.41) is 0. The Balaban J connectivity index is 1.81. The van der Waals surface area contributed by atoms with E-state index in [0.29, 0.717) is 5.56 Å². The molecule has 1 heterocycles. The molecule has 0 atom stereocenters. The molecule has 2 N–H and O–H groups in total. The number of anilines is 2. The number of primary amides is 1. The Kier molecular flexibility index (Phi) is 3.75. The van der Waals surface area contributed by atoms with Gasteiger partial charge in [0.1, 0.15) is 0 Å². The fraction of sp³-hybridized carbons (Fsp3) is 0.278. The number of amides is 1. The minimum atomic E-state index is -0.381. The Hall–Kier alpha value is -2.49. The van der Waals surface area contributed by atoms with Crippen LogP contribution in [0.1, 0.15) is 21.5 Å². The Bertz CT molecular complexity index is 692. The highest BCUT2D eigenvalue weighted by atomic mass is 16.1. The van der Waals surface area contributed by atoms with E-state index in [1.807, 2.05) is 12.1 Å². The van der Waals surface area contributed by atoms with Gasteiger partial charge < -0.3 is 15.5 Å². The average molecular weight is 295 g/mol. The molecule has 2 aromatic rings. The summed E-state index contributed by atoms with van der Waals surface area (Å²) >= 11 is 0. The summed E-state index contributed by atoms with van der Waals surface area (Å²) in [6.45, 7) is 1.88. The minimum absolute atomic E-state index is 0.381. The van der Waals surface area contributed by atoms with Crippen LogP contribution in [0.2, 0.25) is 0 Å². The molecule has 0 fully saturated rings. The Morgan fingerprint density at radius 1 is 1.18 bits per heavy atom. The molecule has 1 aliphatic heterocycles. The smallest absolute Gasteiger partial charge is 0.248 e. The van der Waals surface area contributed by atoms with Crippen molar-refractivity contribution in [2.75, 3.05) is 30.4 Å². The van der Waals surface area contributed by atoms with Gasteiger partial charge in [0.15, 0.2) is 0 Å². The van der Waals surface area contributed by atoms with Crippen molar-refractivity contribution in [1.29, 1.82) is 0 Å². The summed E-state index contributed by atoms with van der Waals surface area (Å²) in [4.78, 5) is 15.6. The van der Waals surface area contributed by atoms with Gasteiger partial charge in [-0.3, -0.25) is 4.79 Å². The lowest BCUT2D eigenvalue weighted by Gasteiger charge is -2.21. The van der Waals surface area contributed by atoms with Gasteiger partial charge >= 0.3 is 0 Å². The molecule has 114 valence electrons. The second kappa shape index (κ2) is 5.72. The predicted molar refractivity (Wildman–Crippen MR) is 90.5 cm³/mol. The van der Waals surface area contributed by atoms with Gasteiger partial charge in [0.05, 0.1) is 0 Å². The number of nitrogens with two attached hydrogens (primary N) is 1. The number of hydrogen-bond acceptors (Lipinski definition) is 3. The number of nitrogens with zero attached hydrogens (tertiary/aromatic N) is 2. The van der Waals surface area contributed by atoms with Gasteiger partial charge in [-0.05, 0) is 41.8 Å². The van der Waals surface area contributed by atoms with Crippen LogP contribution in [-0.4, -0.2) is 26.5 Å². The topological polar surface area (TPSA) is 49.6 Å². The first kappa shape index (κ1) is 14.4. The van der Waals surface area contributed by atoms with Crippen molar-refractivity contribution in [3.05, 3.63) is 59.2 Å². The number of carbonyl (C=O) groups excluding carboxylic acids is 1. The van der Waals surface area contributed by atoms with Gasteiger partial charge in [-0.25, -0.2) is 0 Å². The average Bonchev–Trinajstić information content (AvgIpc) is 2.90. The molecule has 2 aromatic carbocycles. The van der Waals surface area contributed by atoms with E-state index in [-0.39, 0.29) is 5.91 Å². The zero-order valence-corrected chi connectivity index (χ0v) is 13.0.